The van der Waals surface area contributed by atoms with Crippen LogP contribution in [-0.4, -0.2) is 51.4 Å². The fourth-order valence-corrected chi connectivity index (χ4v) is 1.91. The molecule has 114 valence electrons. The molecule has 0 radical (unpaired) electrons. The molecule has 0 saturated carbocycles. The van der Waals surface area contributed by atoms with Crippen LogP contribution in [0.5, 0.6) is 5.75 Å². The number of nitrogens with one attached hydrogen (secondary N) is 1. The van der Waals surface area contributed by atoms with Crippen molar-refractivity contribution in [1.82, 2.24) is 10.2 Å². The van der Waals surface area contributed by atoms with Crippen molar-refractivity contribution < 1.29 is 9.47 Å². The molecular formula is C16H28N2O2. The van der Waals surface area contributed by atoms with Gasteiger partial charge < -0.3 is 14.8 Å². The minimum atomic E-state index is 0.712. The fourth-order valence-electron chi connectivity index (χ4n) is 1.91. The topological polar surface area (TPSA) is 33.7 Å². The van der Waals surface area contributed by atoms with E-state index in [0.29, 0.717) is 6.61 Å². The lowest BCUT2D eigenvalue weighted by molar-refractivity contribution is 0.138. The Morgan fingerprint density at radius 1 is 1.05 bits per heavy atom. The first kappa shape index (κ1) is 17.0. The van der Waals surface area contributed by atoms with Gasteiger partial charge in [-0.15, -0.1) is 0 Å². The number of likely N-dealkylation sites (N-methyl/N-ethyl adjacent to an activating group) is 1. The molecule has 0 aromatic heterocycles. The zero-order valence-electron chi connectivity index (χ0n) is 13.0. The second-order valence-electron chi connectivity index (χ2n) is 4.70. The van der Waals surface area contributed by atoms with Crippen molar-refractivity contribution in [2.45, 2.75) is 20.4 Å². The van der Waals surface area contributed by atoms with Crippen molar-refractivity contribution >= 4 is 0 Å². The van der Waals surface area contributed by atoms with E-state index in [-0.39, 0.29) is 0 Å². The molecule has 0 aliphatic rings. The lowest BCUT2D eigenvalue weighted by atomic mass is 10.2. The molecular weight excluding hydrogens is 252 g/mol. The molecule has 4 nitrogen and oxygen atoms in total. The number of benzene rings is 1. The summed E-state index contributed by atoms with van der Waals surface area (Å²) < 4.78 is 10.9. The highest BCUT2D eigenvalue weighted by molar-refractivity contribution is 5.27. The third kappa shape index (κ3) is 6.89. The smallest absolute Gasteiger partial charge is 0.119 e. The summed E-state index contributed by atoms with van der Waals surface area (Å²) in [6.45, 7) is 10.6. The van der Waals surface area contributed by atoms with E-state index in [1.165, 1.54) is 5.56 Å². The van der Waals surface area contributed by atoms with E-state index in [2.05, 4.69) is 36.2 Å². The van der Waals surface area contributed by atoms with Gasteiger partial charge in [-0.1, -0.05) is 26.0 Å². The molecule has 4 heteroatoms. The zero-order valence-corrected chi connectivity index (χ0v) is 13.0. The summed E-state index contributed by atoms with van der Waals surface area (Å²) in [5.41, 5.74) is 1.29. The Morgan fingerprint density at radius 2 is 1.75 bits per heavy atom. The summed E-state index contributed by atoms with van der Waals surface area (Å²) in [6, 6.07) is 8.30. The van der Waals surface area contributed by atoms with E-state index >= 15 is 0 Å². The van der Waals surface area contributed by atoms with Gasteiger partial charge in [0, 0.05) is 26.7 Å². The fraction of sp³-hybridized carbons (Fsp3) is 0.625. The Labute approximate surface area is 123 Å². The molecule has 0 unspecified atom stereocenters. The molecule has 1 aromatic carbocycles. The summed E-state index contributed by atoms with van der Waals surface area (Å²) in [6.07, 6.45) is 0. The van der Waals surface area contributed by atoms with Crippen LogP contribution in [0.3, 0.4) is 0 Å². The molecule has 0 saturated heterocycles. The molecule has 1 N–H and O–H groups in total. The van der Waals surface area contributed by atoms with Crippen LogP contribution in [0.15, 0.2) is 24.3 Å². The third-order valence-corrected chi connectivity index (χ3v) is 3.24. The van der Waals surface area contributed by atoms with Gasteiger partial charge in [0.25, 0.3) is 0 Å². The van der Waals surface area contributed by atoms with Crippen molar-refractivity contribution in [2.75, 3.05) is 46.5 Å². The Kier molecular flexibility index (Phi) is 9.04. The highest BCUT2D eigenvalue weighted by Gasteiger charge is 2.02. The average Bonchev–Trinajstić information content (AvgIpc) is 2.49. The van der Waals surface area contributed by atoms with Gasteiger partial charge in [0.15, 0.2) is 0 Å². The summed E-state index contributed by atoms with van der Waals surface area (Å²) in [4.78, 5) is 2.32. The number of hydrogen-bond acceptors (Lipinski definition) is 4. The van der Waals surface area contributed by atoms with Gasteiger partial charge in [0.2, 0.25) is 0 Å². The summed E-state index contributed by atoms with van der Waals surface area (Å²) in [5, 5.41) is 3.31. The van der Waals surface area contributed by atoms with Crippen LogP contribution in [0.4, 0.5) is 0 Å². The normalized spacial score (nSPS) is 11.0. The van der Waals surface area contributed by atoms with Crippen LogP contribution in [0.2, 0.25) is 0 Å². The first-order valence-corrected chi connectivity index (χ1v) is 7.43. The molecule has 20 heavy (non-hydrogen) atoms. The van der Waals surface area contributed by atoms with Crippen LogP contribution < -0.4 is 10.1 Å². The number of ether oxygens (including phenoxy) is 2. The molecule has 0 fully saturated rings. The maximum absolute atomic E-state index is 5.77. The largest absolute Gasteiger partial charge is 0.492 e. The molecule has 0 aliphatic carbocycles. The summed E-state index contributed by atoms with van der Waals surface area (Å²) in [7, 11) is 1.74. The van der Waals surface area contributed by atoms with Crippen LogP contribution in [0.25, 0.3) is 0 Å². The monoisotopic (exact) mass is 280 g/mol. The van der Waals surface area contributed by atoms with E-state index in [0.717, 1.165) is 45.1 Å². The SMILES string of the molecule is CCNCc1ccc(OCCN(CC)CCOC)cc1. The lowest BCUT2D eigenvalue weighted by Gasteiger charge is -2.19. The van der Waals surface area contributed by atoms with E-state index in [1.807, 2.05) is 12.1 Å². The number of hydrogen-bond donors (Lipinski definition) is 1. The number of rotatable bonds is 11. The molecule has 0 atom stereocenters. The van der Waals surface area contributed by atoms with Crippen molar-refractivity contribution in [3.05, 3.63) is 29.8 Å². The molecule has 1 aromatic rings. The van der Waals surface area contributed by atoms with Crippen LogP contribution in [0.1, 0.15) is 19.4 Å². The van der Waals surface area contributed by atoms with Crippen molar-refractivity contribution in [3.63, 3.8) is 0 Å². The number of methoxy groups -OCH3 is 1. The number of nitrogens with zero attached hydrogens (tertiary/aromatic N) is 1. The zero-order chi connectivity index (χ0) is 14.6. The summed E-state index contributed by atoms with van der Waals surface area (Å²) >= 11 is 0. The van der Waals surface area contributed by atoms with Crippen molar-refractivity contribution in [1.29, 1.82) is 0 Å². The van der Waals surface area contributed by atoms with Gasteiger partial charge in [-0.2, -0.15) is 0 Å². The third-order valence-electron chi connectivity index (χ3n) is 3.24. The Hall–Kier alpha value is -1.10. The van der Waals surface area contributed by atoms with Crippen LogP contribution in [-0.2, 0) is 11.3 Å². The van der Waals surface area contributed by atoms with Crippen molar-refractivity contribution in [3.8, 4) is 5.75 Å². The minimum Gasteiger partial charge on any atom is -0.492 e. The second-order valence-corrected chi connectivity index (χ2v) is 4.70. The van der Waals surface area contributed by atoms with Gasteiger partial charge in [0.05, 0.1) is 6.61 Å². The first-order chi connectivity index (χ1) is 9.80. The molecule has 0 bridgehead atoms. The Bertz CT molecular complexity index is 341. The second kappa shape index (κ2) is 10.7. The Balaban J connectivity index is 2.27. The van der Waals surface area contributed by atoms with Gasteiger partial charge in [-0.05, 0) is 30.8 Å². The quantitative estimate of drug-likeness (QED) is 0.673. The van der Waals surface area contributed by atoms with Crippen LogP contribution in [0, 0.1) is 0 Å². The molecule has 0 amide bonds. The molecule has 0 heterocycles. The maximum Gasteiger partial charge on any atom is 0.119 e. The van der Waals surface area contributed by atoms with Gasteiger partial charge in [-0.3, -0.25) is 4.90 Å². The van der Waals surface area contributed by atoms with E-state index in [1.54, 1.807) is 7.11 Å². The van der Waals surface area contributed by atoms with Crippen LogP contribution >= 0.6 is 0 Å². The highest BCUT2D eigenvalue weighted by Crippen LogP contribution is 2.12. The van der Waals surface area contributed by atoms with Gasteiger partial charge in [0.1, 0.15) is 12.4 Å². The van der Waals surface area contributed by atoms with E-state index in [4.69, 9.17) is 9.47 Å². The molecule has 1 rings (SSSR count). The maximum atomic E-state index is 5.77. The summed E-state index contributed by atoms with van der Waals surface area (Å²) in [5.74, 6) is 0.938. The Morgan fingerprint density at radius 3 is 2.35 bits per heavy atom. The van der Waals surface area contributed by atoms with Gasteiger partial charge in [-0.25, -0.2) is 0 Å². The van der Waals surface area contributed by atoms with Crippen molar-refractivity contribution in [2.24, 2.45) is 0 Å². The minimum absolute atomic E-state index is 0.712. The first-order valence-electron chi connectivity index (χ1n) is 7.43. The predicted octanol–water partition coefficient (Wildman–Crippen LogP) is 2.14. The van der Waals surface area contributed by atoms with Gasteiger partial charge >= 0.3 is 0 Å². The molecule has 0 spiro atoms. The molecule has 0 aliphatic heterocycles. The van der Waals surface area contributed by atoms with E-state index in [9.17, 15) is 0 Å². The predicted molar refractivity (Wildman–Crippen MR) is 83.3 cm³/mol. The highest BCUT2D eigenvalue weighted by atomic mass is 16.5. The standard InChI is InChI=1S/C16H28N2O2/c1-4-17-14-15-6-8-16(9-7-15)20-13-11-18(5-2)10-12-19-3/h6-9,17H,4-5,10-14H2,1-3H3. The average molecular weight is 280 g/mol. The lowest BCUT2D eigenvalue weighted by Crippen LogP contribution is -2.31. The van der Waals surface area contributed by atoms with E-state index < -0.39 is 0 Å².